The van der Waals surface area contributed by atoms with Crippen LogP contribution in [-0.4, -0.2) is 32.2 Å². The zero-order valence-electron chi connectivity index (χ0n) is 14.4. The number of aromatic nitrogens is 1. The molecule has 1 aromatic heterocycles. The normalized spacial score (nSPS) is 12.9. The summed E-state index contributed by atoms with van der Waals surface area (Å²) in [6.45, 7) is 12.5. The SMILES string of the molecule is CCC(C)CN(C)c1nc(COC)c(CNCC(C)C)s1. The first-order valence-corrected chi connectivity index (χ1v) is 8.68. The van der Waals surface area contributed by atoms with E-state index < -0.39 is 0 Å². The van der Waals surface area contributed by atoms with Gasteiger partial charge in [-0.15, -0.1) is 11.3 Å². The van der Waals surface area contributed by atoms with Crippen LogP contribution in [0.5, 0.6) is 0 Å². The van der Waals surface area contributed by atoms with E-state index in [9.17, 15) is 0 Å². The van der Waals surface area contributed by atoms with E-state index in [0.717, 1.165) is 30.5 Å². The van der Waals surface area contributed by atoms with E-state index >= 15 is 0 Å². The molecule has 1 aromatic rings. The van der Waals surface area contributed by atoms with Gasteiger partial charge in [0.25, 0.3) is 0 Å². The number of nitrogens with one attached hydrogen (secondary N) is 1. The number of nitrogens with zero attached hydrogens (tertiary/aromatic N) is 2. The van der Waals surface area contributed by atoms with Crippen LogP contribution in [0.2, 0.25) is 0 Å². The average molecular weight is 314 g/mol. The molecule has 1 heterocycles. The Morgan fingerprint density at radius 3 is 2.62 bits per heavy atom. The van der Waals surface area contributed by atoms with Crippen molar-refractivity contribution in [3.05, 3.63) is 10.6 Å². The van der Waals surface area contributed by atoms with E-state index in [1.807, 2.05) is 0 Å². The first-order valence-electron chi connectivity index (χ1n) is 7.87. The zero-order chi connectivity index (χ0) is 15.8. The molecule has 1 rings (SSSR count). The molecule has 0 fully saturated rings. The van der Waals surface area contributed by atoms with Crippen molar-refractivity contribution < 1.29 is 4.74 Å². The van der Waals surface area contributed by atoms with Gasteiger partial charge < -0.3 is 15.0 Å². The van der Waals surface area contributed by atoms with Gasteiger partial charge in [-0.3, -0.25) is 0 Å². The molecule has 0 saturated carbocycles. The standard InChI is InChI=1S/C16H31N3OS/c1-7-13(4)10-19(5)16-18-14(11-20-6)15(21-16)9-17-8-12(2)3/h12-13,17H,7-11H2,1-6H3. The summed E-state index contributed by atoms with van der Waals surface area (Å²) in [6, 6.07) is 0. The number of hydrogen-bond donors (Lipinski definition) is 1. The highest BCUT2D eigenvalue weighted by molar-refractivity contribution is 7.15. The van der Waals surface area contributed by atoms with Gasteiger partial charge in [0, 0.05) is 32.1 Å². The first kappa shape index (κ1) is 18.4. The van der Waals surface area contributed by atoms with E-state index in [0.29, 0.717) is 18.4 Å². The van der Waals surface area contributed by atoms with Gasteiger partial charge in [0.2, 0.25) is 0 Å². The molecule has 0 saturated heterocycles. The van der Waals surface area contributed by atoms with Gasteiger partial charge >= 0.3 is 0 Å². The number of rotatable bonds is 10. The van der Waals surface area contributed by atoms with Crippen molar-refractivity contribution in [3.63, 3.8) is 0 Å². The van der Waals surface area contributed by atoms with Crippen LogP contribution >= 0.6 is 11.3 Å². The summed E-state index contributed by atoms with van der Waals surface area (Å²) in [4.78, 5) is 8.33. The average Bonchev–Trinajstić information content (AvgIpc) is 2.82. The summed E-state index contributed by atoms with van der Waals surface area (Å²) in [5, 5.41) is 4.60. The summed E-state index contributed by atoms with van der Waals surface area (Å²) in [5.41, 5.74) is 1.07. The fraction of sp³-hybridized carbons (Fsp3) is 0.812. The van der Waals surface area contributed by atoms with Crippen LogP contribution in [-0.2, 0) is 17.9 Å². The lowest BCUT2D eigenvalue weighted by Crippen LogP contribution is -2.23. The summed E-state index contributed by atoms with van der Waals surface area (Å²) in [6.07, 6.45) is 1.20. The van der Waals surface area contributed by atoms with E-state index in [4.69, 9.17) is 9.72 Å². The van der Waals surface area contributed by atoms with Crippen molar-refractivity contribution in [2.75, 3.05) is 32.1 Å². The van der Waals surface area contributed by atoms with E-state index in [2.05, 4.69) is 45.0 Å². The lowest BCUT2D eigenvalue weighted by Gasteiger charge is -2.19. The molecule has 21 heavy (non-hydrogen) atoms. The Morgan fingerprint density at radius 1 is 1.33 bits per heavy atom. The number of anilines is 1. The predicted molar refractivity (Wildman–Crippen MR) is 92.1 cm³/mol. The van der Waals surface area contributed by atoms with Crippen LogP contribution in [0, 0.1) is 11.8 Å². The second kappa shape index (κ2) is 9.38. The molecule has 1 unspecified atom stereocenters. The van der Waals surface area contributed by atoms with Crippen molar-refractivity contribution in [3.8, 4) is 0 Å². The van der Waals surface area contributed by atoms with Crippen LogP contribution in [0.1, 0.15) is 44.7 Å². The number of ether oxygens (including phenoxy) is 1. The molecule has 0 aliphatic carbocycles. The minimum atomic E-state index is 0.590. The predicted octanol–water partition coefficient (Wildman–Crippen LogP) is 3.52. The molecule has 0 aliphatic heterocycles. The number of hydrogen-bond acceptors (Lipinski definition) is 5. The second-order valence-electron chi connectivity index (χ2n) is 6.22. The minimum Gasteiger partial charge on any atom is -0.378 e. The minimum absolute atomic E-state index is 0.590. The summed E-state index contributed by atoms with van der Waals surface area (Å²) >= 11 is 1.78. The fourth-order valence-electron chi connectivity index (χ4n) is 2.07. The lowest BCUT2D eigenvalue weighted by molar-refractivity contribution is 0.181. The molecule has 5 heteroatoms. The summed E-state index contributed by atoms with van der Waals surface area (Å²) in [7, 11) is 3.86. The van der Waals surface area contributed by atoms with E-state index in [1.54, 1.807) is 18.4 Å². The Balaban J connectivity index is 2.72. The third-order valence-electron chi connectivity index (χ3n) is 3.50. The van der Waals surface area contributed by atoms with Crippen LogP contribution in [0.15, 0.2) is 0 Å². The summed E-state index contributed by atoms with van der Waals surface area (Å²) < 4.78 is 5.29. The molecule has 0 radical (unpaired) electrons. The Hall–Kier alpha value is -0.650. The maximum Gasteiger partial charge on any atom is 0.185 e. The monoisotopic (exact) mass is 313 g/mol. The van der Waals surface area contributed by atoms with E-state index in [1.165, 1.54) is 11.3 Å². The van der Waals surface area contributed by atoms with Crippen molar-refractivity contribution >= 4 is 16.5 Å². The maximum absolute atomic E-state index is 5.29. The Morgan fingerprint density at radius 2 is 2.05 bits per heavy atom. The molecule has 122 valence electrons. The first-order chi connectivity index (χ1) is 9.97. The lowest BCUT2D eigenvalue weighted by atomic mass is 10.1. The molecule has 1 N–H and O–H groups in total. The highest BCUT2D eigenvalue weighted by atomic mass is 32.1. The second-order valence-corrected chi connectivity index (χ2v) is 7.28. The van der Waals surface area contributed by atoms with Crippen molar-refractivity contribution in [2.45, 2.75) is 47.3 Å². The molecule has 0 amide bonds. The molecule has 0 aliphatic rings. The largest absolute Gasteiger partial charge is 0.378 e. The molecule has 0 aromatic carbocycles. The van der Waals surface area contributed by atoms with E-state index in [-0.39, 0.29) is 0 Å². The molecular weight excluding hydrogens is 282 g/mol. The van der Waals surface area contributed by atoms with Gasteiger partial charge in [0.1, 0.15) is 0 Å². The third-order valence-corrected chi connectivity index (χ3v) is 4.71. The maximum atomic E-state index is 5.29. The van der Waals surface area contributed by atoms with Crippen LogP contribution < -0.4 is 10.2 Å². The topological polar surface area (TPSA) is 37.4 Å². The Bertz CT molecular complexity index is 406. The van der Waals surface area contributed by atoms with Crippen molar-refractivity contribution in [2.24, 2.45) is 11.8 Å². The molecule has 4 nitrogen and oxygen atoms in total. The zero-order valence-corrected chi connectivity index (χ0v) is 15.2. The van der Waals surface area contributed by atoms with Gasteiger partial charge in [-0.2, -0.15) is 0 Å². The van der Waals surface area contributed by atoms with Gasteiger partial charge in [-0.1, -0.05) is 34.1 Å². The summed E-state index contributed by atoms with van der Waals surface area (Å²) in [5.74, 6) is 1.35. The Kier molecular flexibility index (Phi) is 8.22. The highest BCUT2D eigenvalue weighted by Gasteiger charge is 2.15. The molecular formula is C16H31N3OS. The van der Waals surface area contributed by atoms with Gasteiger partial charge in [-0.25, -0.2) is 4.98 Å². The molecule has 0 spiro atoms. The van der Waals surface area contributed by atoms with Crippen LogP contribution in [0.4, 0.5) is 5.13 Å². The molecule has 0 bridgehead atoms. The number of thiazole rings is 1. The fourth-order valence-corrected chi connectivity index (χ4v) is 3.07. The van der Waals surface area contributed by atoms with Crippen molar-refractivity contribution in [1.82, 2.24) is 10.3 Å². The van der Waals surface area contributed by atoms with Gasteiger partial charge in [-0.05, 0) is 18.4 Å². The quantitative estimate of drug-likeness (QED) is 0.717. The van der Waals surface area contributed by atoms with Gasteiger partial charge in [0.05, 0.1) is 12.3 Å². The highest BCUT2D eigenvalue weighted by Crippen LogP contribution is 2.27. The van der Waals surface area contributed by atoms with Crippen LogP contribution in [0.3, 0.4) is 0 Å². The third kappa shape index (κ3) is 6.32. The number of methoxy groups -OCH3 is 1. The Labute approximate surface area is 133 Å². The van der Waals surface area contributed by atoms with Crippen molar-refractivity contribution in [1.29, 1.82) is 0 Å². The van der Waals surface area contributed by atoms with Crippen LogP contribution in [0.25, 0.3) is 0 Å². The molecule has 1 atom stereocenters. The smallest absolute Gasteiger partial charge is 0.185 e. The van der Waals surface area contributed by atoms with Gasteiger partial charge in [0.15, 0.2) is 5.13 Å².